The van der Waals surface area contributed by atoms with Gasteiger partial charge >= 0.3 is 6.09 Å². The predicted octanol–water partition coefficient (Wildman–Crippen LogP) is 3.84. The third kappa shape index (κ3) is 4.22. The van der Waals surface area contributed by atoms with Gasteiger partial charge in [0.2, 0.25) is 0 Å². The van der Waals surface area contributed by atoms with Crippen LogP contribution in [-0.4, -0.2) is 40.8 Å². The lowest BCUT2D eigenvalue weighted by Gasteiger charge is -2.15. The van der Waals surface area contributed by atoms with Crippen molar-refractivity contribution in [1.29, 1.82) is 0 Å². The first kappa shape index (κ1) is 23.6. The number of tetrazole rings is 1. The number of aromatic amines is 1. The first-order valence-corrected chi connectivity index (χ1v) is 12.2. The molecule has 0 radical (unpaired) electrons. The number of ether oxygens (including phenoxy) is 1. The number of carbonyl (C=O) groups is 1. The lowest BCUT2D eigenvalue weighted by atomic mass is 10.0. The molecule has 3 aromatic heterocycles. The fourth-order valence-electron chi connectivity index (χ4n) is 4.94. The van der Waals surface area contributed by atoms with Gasteiger partial charge in [-0.25, -0.2) is 9.78 Å². The number of primary amides is 1. The van der Waals surface area contributed by atoms with E-state index in [2.05, 4.69) is 20.5 Å². The predicted molar refractivity (Wildman–Crippen MR) is 139 cm³/mol. The molecule has 12 heteroatoms. The SMILES string of the molecule is Cc1[nH]c([C@@H]2CCc3cc(-c4cc(Cl)ccc4-n4cnnn4)cc(=O)n32)nc1-c1ccc(OC(N)=O)cc1. The fraction of sp³-hybridized carbons (Fsp3) is 0.154. The number of H-pyrrole nitrogens is 1. The van der Waals surface area contributed by atoms with Crippen molar-refractivity contribution in [1.82, 2.24) is 34.7 Å². The van der Waals surface area contributed by atoms with Gasteiger partial charge < -0.3 is 20.0 Å². The molecule has 0 saturated heterocycles. The molecule has 0 unspecified atom stereocenters. The Hall–Kier alpha value is -4.77. The minimum Gasteiger partial charge on any atom is -0.411 e. The maximum absolute atomic E-state index is 13.4. The Morgan fingerprint density at radius 3 is 2.68 bits per heavy atom. The highest BCUT2D eigenvalue weighted by atomic mass is 35.5. The molecule has 0 spiro atoms. The molecule has 1 amide bonds. The normalized spacial score (nSPS) is 14.4. The Labute approximate surface area is 220 Å². The minimum absolute atomic E-state index is 0.133. The van der Waals surface area contributed by atoms with Gasteiger partial charge in [0.05, 0.1) is 17.4 Å². The van der Waals surface area contributed by atoms with Gasteiger partial charge in [-0.1, -0.05) is 11.6 Å². The smallest absolute Gasteiger partial charge is 0.409 e. The van der Waals surface area contributed by atoms with Crippen molar-refractivity contribution in [3.8, 4) is 33.8 Å². The number of hydrogen-bond acceptors (Lipinski definition) is 7. The van der Waals surface area contributed by atoms with Crippen LogP contribution in [0.2, 0.25) is 5.02 Å². The van der Waals surface area contributed by atoms with E-state index in [0.717, 1.165) is 45.9 Å². The molecule has 0 bridgehead atoms. The van der Waals surface area contributed by atoms with Gasteiger partial charge in [0, 0.05) is 33.6 Å². The number of nitrogens with two attached hydrogens (primary N) is 1. The summed E-state index contributed by atoms with van der Waals surface area (Å²) < 4.78 is 8.23. The van der Waals surface area contributed by atoms with E-state index in [1.54, 1.807) is 51.7 Å². The molecule has 5 aromatic rings. The molecule has 3 N–H and O–H groups in total. The van der Waals surface area contributed by atoms with Crippen molar-refractivity contribution >= 4 is 17.7 Å². The number of pyridine rings is 1. The molecule has 6 rings (SSSR count). The zero-order chi connectivity index (χ0) is 26.4. The summed E-state index contributed by atoms with van der Waals surface area (Å²) in [5.74, 6) is 1.06. The second kappa shape index (κ2) is 9.27. The van der Waals surface area contributed by atoms with E-state index >= 15 is 0 Å². The van der Waals surface area contributed by atoms with Crippen LogP contribution in [0.5, 0.6) is 5.75 Å². The molecular weight excluding hydrogens is 508 g/mol. The number of rotatable bonds is 5. The lowest BCUT2D eigenvalue weighted by molar-refractivity contribution is 0.211. The van der Waals surface area contributed by atoms with Gasteiger partial charge in [-0.3, -0.25) is 4.79 Å². The molecule has 1 atom stereocenters. The number of carbonyl (C=O) groups excluding carboxylic acids is 1. The maximum Gasteiger partial charge on any atom is 0.409 e. The van der Waals surface area contributed by atoms with Crippen LogP contribution in [0.15, 0.2) is 65.7 Å². The molecular formula is C26H21ClN8O3. The van der Waals surface area contributed by atoms with Crippen LogP contribution in [0, 0.1) is 6.92 Å². The number of aryl methyl sites for hydroxylation is 2. The number of hydrogen-bond donors (Lipinski definition) is 2. The molecule has 11 nitrogen and oxygen atoms in total. The number of halogens is 1. The van der Waals surface area contributed by atoms with Crippen LogP contribution in [0.4, 0.5) is 4.79 Å². The summed E-state index contributed by atoms with van der Waals surface area (Å²) >= 11 is 6.30. The fourth-order valence-corrected chi connectivity index (χ4v) is 5.11. The van der Waals surface area contributed by atoms with Crippen molar-refractivity contribution in [2.45, 2.75) is 25.8 Å². The molecule has 1 aliphatic heterocycles. The lowest BCUT2D eigenvalue weighted by Crippen LogP contribution is -2.24. The summed E-state index contributed by atoms with van der Waals surface area (Å²) in [6.07, 6.45) is 2.07. The average molecular weight is 529 g/mol. The number of amides is 1. The van der Waals surface area contributed by atoms with Gasteiger partial charge in [-0.15, -0.1) is 5.10 Å². The zero-order valence-electron chi connectivity index (χ0n) is 20.1. The van der Waals surface area contributed by atoms with Gasteiger partial charge in [0.1, 0.15) is 17.9 Å². The topological polar surface area (TPSA) is 147 Å². The highest BCUT2D eigenvalue weighted by molar-refractivity contribution is 6.31. The largest absolute Gasteiger partial charge is 0.411 e. The zero-order valence-corrected chi connectivity index (χ0v) is 20.9. The monoisotopic (exact) mass is 528 g/mol. The van der Waals surface area contributed by atoms with E-state index in [9.17, 15) is 9.59 Å². The van der Waals surface area contributed by atoms with Crippen LogP contribution in [-0.2, 0) is 6.42 Å². The van der Waals surface area contributed by atoms with Crippen molar-refractivity contribution < 1.29 is 9.53 Å². The van der Waals surface area contributed by atoms with Crippen LogP contribution >= 0.6 is 11.6 Å². The summed E-state index contributed by atoms with van der Waals surface area (Å²) in [5, 5.41) is 12.0. The highest BCUT2D eigenvalue weighted by Crippen LogP contribution is 2.35. The number of benzene rings is 2. The van der Waals surface area contributed by atoms with Crippen LogP contribution in [0.3, 0.4) is 0 Å². The second-order valence-corrected chi connectivity index (χ2v) is 9.39. The summed E-state index contributed by atoms with van der Waals surface area (Å²) in [6.45, 7) is 1.93. The molecule has 4 heterocycles. The van der Waals surface area contributed by atoms with E-state index < -0.39 is 6.09 Å². The van der Waals surface area contributed by atoms with E-state index in [0.29, 0.717) is 23.0 Å². The molecule has 2 aromatic carbocycles. The third-order valence-electron chi connectivity index (χ3n) is 6.56. The molecule has 0 aliphatic carbocycles. The first-order chi connectivity index (χ1) is 18.4. The van der Waals surface area contributed by atoms with E-state index in [4.69, 9.17) is 27.1 Å². The quantitative estimate of drug-likeness (QED) is 0.352. The number of nitrogens with zero attached hydrogens (tertiary/aromatic N) is 6. The first-order valence-electron chi connectivity index (χ1n) is 11.8. The summed E-state index contributed by atoms with van der Waals surface area (Å²) in [7, 11) is 0. The van der Waals surface area contributed by atoms with E-state index in [1.165, 1.54) is 6.33 Å². The molecule has 0 saturated carbocycles. The highest BCUT2D eigenvalue weighted by Gasteiger charge is 2.29. The summed E-state index contributed by atoms with van der Waals surface area (Å²) in [5.41, 5.74) is 10.5. The average Bonchev–Trinajstić information content (AvgIpc) is 3.64. The van der Waals surface area contributed by atoms with Crippen molar-refractivity contribution in [2.24, 2.45) is 5.73 Å². The Balaban J connectivity index is 1.35. The van der Waals surface area contributed by atoms with E-state index in [-0.39, 0.29) is 11.6 Å². The van der Waals surface area contributed by atoms with Crippen molar-refractivity contribution in [3.63, 3.8) is 0 Å². The van der Waals surface area contributed by atoms with Crippen molar-refractivity contribution in [2.75, 3.05) is 0 Å². The Morgan fingerprint density at radius 1 is 1.13 bits per heavy atom. The van der Waals surface area contributed by atoms with Gasteiger partial charge in [0.25, 0.3) is 5.56 Å². The summed E-state index contributed by atoms with van der Waals surface area (Å²) in [6, 6.07) is 15.7. The molecule has 190 valence electrons. The Bertz CT molecular complexity index is 1720. The van der Waals surface area contributed by atoms with Crippen molar-refractivity contribution in [3.05, 3.63) is 93.5 Å². The number of aromatic nitrogens is 7. The van der Waals surface area contributed by atoms with Crippen LogP contribution in [0.1, 0.15) is 29.7 Å². The summed E-state index contributed by atoms with van der Waals surface area (Å²) in [4.78, 5) is 32.6. The van der Waals surface area contributed by atoms with Gasteiger partial charge in [-0.05, 0) is 84.3 Å². The Morgan fingerprint density at radius 2 is 1.95 bits per heavy atom. The van der Waals surface area contributed by atoms with Crippen LogP contribution < -0.4 is 16.0 Å². The third-order valence-corrected chi connectivity index (χ3v) is 6.80. The minimum atomic E-state index is -0.869. The standard InChI is InChI=1S/C26H21ClN8O3/c1-14-24(15-2-6-19(7-3-15)38-26(28)37)31-25(30-14)22-9-5-18-10-16(11-23(36)35(18)22)20-12-17(27)4-8-21(20)34-13-29-32-33-34/h2-4,6-8,10-13,22H,5,9H2,1H3,(H2,28,37)(H,30,31)/t22-/m0/s1. The number of fused-ring (bicyclic) bond motifs is 1. The molecule has 1 aliphatic rings. The number of nitrogens with one attached hydrogen (secondary N) is 1. The van der Waals surface area contributed by atoms with Gasteiger partial charge in [0.15, 0.2) is 0 Å². The Kier molecular flexibility index (Phi) is 5.76. The van der Waals surface area contributed by atoms with Gasteiger partial charge in [-0.2, -0.15) is 4.68 Å². The van der Waals surface area contributed by atoms with Crippen LogP contribution in [0.25, 0.3) is 28.1 Å². The molecule has 38 heavy (non-hydrogen) atoms. The van der Waals surface area contributed by atoms with E-state index in [1.807, 2.05) is 19.1 Å². The second-order valence-electron chi connectivity index (χ2n) is 8.96. The molecule has 0 fully saturated rings. The number of imidazole rings is 1. The maximum atomic E-state index is 13.4.